The third-order valence-electron chi connectivity index (χ3n) is 6.23. The zero-order valence-corrected chi connectivity index (χ0v) is 20.8. The number of carbonyl (C=O) groups excluding carboxylic acids is 2. The summed E-state index contributed by atoms with van der Waals surface area (Å²) in [5, 5.41) is 9.05. The molecule has 3 atom stereocenters. The summed E-state index contributed by atoms with van der Waals surface area (Å²) in [4.78, 5) is 26.2. The summed E-state index contributed by atoms with van der Waals surface area (Å²) in [5.41, 5.74) is 0.169. The molecule has 0 saturated carbocycles. The standard InChI is InChI=1S/C24H26ClFN2O7S/c25-16-1-8-22(15(9-16)14-36(32,33)27-23(30)12-29)34-13-24(31)28-18-4-5-19(28)11-21(10-18)35-20-6-2-17(26)3-7-20/h1-3,6-9,18-19,21,29H,4-5,10-14H2,(H,27,30)/t18-,19+,21?. The van der Waals surface area contributed by atoms with Crippen LogP contribution in [0.15, 0.2) is 42.5 Å². The van der Waals surface area contributed by atoms with Crippen molar-refractivity contribution in [3.8, 4) is 11.5 Å². The van der Waals surface area contributed by atoms with E-state index in [1.807, 2.05) is 4.90 Å². The predicted molar refractivity (Wildman–Crippen MR) is 129 cm³/mol. The van der Waals surface area contributed by atoms with Gasteiger partial charge in [0, 0.05) is 35.5 Å². The van der Waals surface area contributed by atoms with Gasteiger partial charge in [-0.1, -0.05) is 11.6 Å². The number of amides is 2. The fraction of sp³-hybridized carbons (Fsp3) is 0.417. The number of piperidine rings is 1. The molecule has 2 amide bonds. The number of nitrogens with one attached hydrogen (secondary N) is 1. The number of halogens is 2. The number of benzene rings is 2. The molecule has 2 N–H and O–H groups in total. The Morgan fingerprint density at radius 2 is 1.78 bits per heavy atom. The van der Waals surface area contributed by atoms with Crippen LogP contribution in [-0.4, -0.2) is 61.6 Å². The summed E-state index contributed by atoms with van der Waals surface area (Å²) < 4.78 is 51.1. The van der Waals surface area contributed by atoms with E-state index in [-0.39, 0.29) is 52.9 Å². The number of rotatable bonds is 9. The van der Waals surface area contributed by atoms with Crippen molar-refractivity contribution in [3.05, 3.63) is 58.9 Å². The summed E-state index contributed by atoms with van der Waals surface area (Å²) >= 11 is 6.01. The molecule has 0 spiro atoms. The number of sulfonamides is 1. The van der Waals surface area contributed by atoms with Crippen LogP contribution in [0.2, 0.25) is 5.02 Å². The van der Waals surface area contributed by atoms with Crippen LogP contribution in [0.5, 0.6) is 11.5 Å². The molecule has 0 radical (unpaired) electrons. The summed E-state index contributed by atoms with van der Waals surface area (Å²) in [7, 11) is -4.11. The number of hydrogen-bond acceptors (Lipinski definition) is 7. The van der Waals surface area contributed by atoms with Crippen LogP contribution in [0.3, 0.4) is 0 Å². The Kier molecular flexibility index (Phi) is 8.01. The van der Waals surface area contributed by atoms with Crippen LogP contribution >= 0.6 is 11.6 Å². The second kappa shape index (κ2) is 11.0. The minimum atomic E-state index is -4.11. The SMILES string of the molecule is O=C(CO)NS(=O)(=O)Cc1cc(Cl)ccc1OCC(=O)N1[C@@H]2CC[C@H]1CC(Oc1ccc(F)cc1)C2. The second-order valence-corrected chi connectivity index (χ2v) is 11.0. The number of aliphatic hydroxyl groups is 1. The molecule has 2 aromatic carbocycles. The maximum Gasteiger partial charge on any atom is 0.261 e. The van der Waals surface area contributed by atoms with Gasteiger partial charge in [-0.05, 0) is 55.3 Å². The van der Waals surface area contributed by atoms with Gasteiger partial charge in [-0.25, -0.2) is 12.8 Å². The molecule has 4 rings (SSSR count). The predicted octanol–water partition coefficient (Wildman–Crippen LogP) is 2.40. The van der Waals surface area contributed by atoms with E-state index in [0.29, 0.717) is 18.6 Å². The second-order valence-electron chi connectivity index (χ2n) is 8.83. The van der Waals surface area contributed by atoms with E-state index in [2.05, 4.69) is 0 Å². The third kappa shape index (κ3) is 6.45. The molecule has 1 unspecified atom stereocenters. The molecular weight excluding hydrogens is 515 g/mol. The van der Waals surface area contributed by atoms with Crippen LogP contribution in [0, 0.1) is 5.82 Å². The van der Waals surface area contributed by atoms with Crippen molar-refractivity contribution in [1.29, 1.82) is 0 Å². The molecule has 9 nitrogen and oxygen atoms in total. The van der Waals surface area contributed by atoms with E-state index in [1.165, 1.54) is 30.3 Å². The highest BCUT2D eigenvalue weighted by atomic mass is 35.5. The lowest BCUT2D eigenvalue weighted by Gasteiger charge is -2.38. The molecular formula is C24H26ClFN2O7S. The Hall–Kier alpha value is -2.89. The lowest BCUT2D eigenvalue weighted by Crippen LogP contribution is -2.50. The van der Waals surface area contributed by atoms with Gasteiger partial charge in [0.1, 0.15) is 30.0 Å². The maximum absolute atomic E-state index is 13.2. The first-order chi connectivity index (χ1) is 17.1. The lowest BCUT2D eigenvalue weighted by molar-refractivity contribution is -0.139. The molecule has 2 aromatic rings. The Balaban J connectivity index is 1.37. The Labute approximate surface area is 213 Å². The van der Waals surface area contributed by atoms with Crippen LogP contribution in [0.1, 0.15) is 31.2 Å². The van der Waals surface area contributed by atoms with Gasteiger partial charge >= 0.3 is 0 Å². The zero-order valence-electron chi connectivity index (χ0n) is 19.2. The smallest absolute Gasteiger partial charge is 0.261 e. The van der Waals surface area contributed by atoms with E-state index in [9.17, 15) is 22.4 Å². The minimum absolute atomic E-state index is 0.0101. The van der Waals surface area contributed by atoms with Gasteiger partial charge in [0.15, 0.2) is 6.61 Å². The Morgan fingerprint density at radius 1 is 1.11 bits per heavy atom. The summed E-state index contributed by atoms with van der Waals surface area (Å²) in [6.45, 7) is -1.27. The van der Waals surface area contributed by atoms with Crippen LogP contribution < -0.4 is 14.2 Å². The van der Waals surface area contributed by atoms with Gasteiger partial charge in [-0.15, -0.1) is 0 Å². The van der Waals surface area contributed by atoms with Crippen LogP contribution in [0.25, 0.3) is 0 Å². The van der Waals surface area contributed by atoms with Crippen molar-refractivity contribution in [2.45, 2.75) is 49.6 Å². The number of carbonyl (C=O) groups is 2. The number of ether oxygens (including phenoxy) is 2. The summed E-state index contributed by atoms with van der Waals surface area (Å²) in [6, 6.07) is 10.2. The fourth-order valence-electron chi connectivity index (χ4n) is 4.80. The third-order valence-corrected chi connectivity index (χ3v) is 7.69. The van der Waals surface area contributed by atoms with Crippen LogP contribution in [-0.2, 0) is 25.4 Å². The number of nitrogens with zero attached hydrogens (tertiary/aromatic N) is 1. The van der Waals surface area contributed by atoms with E-state index in [4.69, 9.17) is 26.2 Å². The highest BCUT2D eigenvalue weighted by molar-refractivity contribution is 7.89. The van der Waals surface area contributed by atoms with Crippen molar-refractivity contribution in [3.63, 3.8) is 0 Å². The quantitative estimate of drug-likeness (QED) is 0.501. The first-order valence-electron chi connectivity index (χ1n) is 11.4. The number of fused-ring (bicyclic) bond motifs is 2. The molecule has 0 aromatic heterocycles. The topological polar surface area (TPSA) is 122 Å². The van der Waals surface area contributed by atoms with Crippen molar-refractivity contribution >= 4 is 33.4 Å². The molecule has 2 aliphatic heterocycles. The molecule has 2 heterocycles. The summed E-state index contributed by atoms with van der Waals surface area (Å²) in [5.74, 6) is -1.50. The number of hydrogen-bond donors (Lipinski definition) is 2. The Morgan fingerprint density at radius 3 is 2.42 bits per heavy atom. The fourth-order valence-corrected chi connectivity index (χ4v) is 6.11. The highest BCUT2D eigenvalue weighted by Crippen LogP contribution is 2.37. The zero-order chi connectivity index (χ0) is 25.9. The molecule has 12 heteroatoms. The molecule has 2 saturated heterocycles. The normalized spacial score (nSPS) is 21.2. The monoisotopic (exact) mass is 540 g/mol. The van der Waals surface area contributed by atoms with Gasteiger partial charge in [-0.2, -0.15) is 0 Å². The maximum atomic E-state index is 13.2. The average Bonchev–Trinajstić information content (AvgIpc) is 3.09. The van der Waals surface area contributed by atoms with Crippen molar-refractivity contribution in [2.24, 2.45) is 0 Å². The van der Waals surface area contributed by atoms with Gasteiger partial charge in [0.2, 0.25) is 10.0 Å². The van der Waals surface area contributed by atoms with Crippen LogP contribution in [0.4, 0.5) is 4.39 Å². The first kappa shape index (κ1) is 26.2. The van der Waals surface area contributed by atoms with Gasteiger partial charge in [0.05, 0.1) is 5.75 Å². The molecule has 36 heavy (non-hydrogen) atoms. The molecule has 2 aliphatic rings. The largest absolute Gasteiger partial charge is 0.490 e. The summed E-state index contributed by atoms with van der Waals surface area (Å²) in [6.07, 6.45) is 2.90. The number of aliphatic hydroxyl groups excluding tert-OH is 1. The highest BCUT2D eigenvalue weighted by Gasteiger charge is 2.44. The van der Waals surface area contributed by atoms with Crippen molar-refractivity contribution in [1.82, 2.24) is 9.62 Å². The van der Waals surface area contributed by atoms with Crippen molar-refractivity contribution in [2.75, 3.05) is 13.2 Å². The van der Waals surface area contributed by atoms with E-state index in [0.717, 1.165) is 12.8 Å². The van der Waals surface area contributed by atoms with Gasteiger partial charge in [-0.3, -0.25) is 14.3 Å². The van der Waals surface area contributed by atoms with E-state index in [1.54, 1.807) is 16.9 Å². The van der Waals surface area contributed by atoms with E-state index < -0.39 is 28.3 Å². The minimum Gasteiger partial charge on any atom is -0.490 e. The first-order valence-corrected chi connectivity index (χ1v) is 13.5. The molecule has 0 aliphatic carbocycles. The molecule has 194 valence electrons. The molecule has 2 bridgehead atoms. The van der Waals surface area contributed by atoms with Gasteiger partial charge in [0.25, 0.3) is 11.8 Å². The Bertz CT molecular complexity index is 1210. The average molecular weight is 541 g/mol. The van der Waals surface area contributed by atoms with Gasteiger partial charge < -0.3 is 19.5 Å². The van der Waals surface area contributed by atoms with E-state index >= 15 is 0 Å². The lowest BCUT2D eigenvalue weighted by atomic mass is 9.99. The molecule has 2 fully saturated rings. The van der Waals surface area contributed by atoms with Crippen molar-refractivity contribution < 1.29 is 37.0 Å².